The molecule has 0 saturated heterocycles. The minimum Gasteiger partial charge on any atom is -0.456 e. The largest absolute Gasteiger partial charge is 0.456 e. The first-order chi connectivity index (χ1) is 72.8. The van der Waals surface area contributed by atoms with Gasteiger partial charge in [0.25, 0.3) is 0 Å². The number of hydrogen-bond donors (Lipinski definition) is 0. The lowest BCUT2D eigenvalue weighted by atomic mass is 9.98. The molecule has 0 aliphatic carbocycles. The van der Waals surface area contributed by atoms with Crippen molar-refractivity contribution in [1.29, 1.82) is 0 Å². The molecule has 30 aromatic rings. The Morgan fingerprint density at radius 2 is 0.299 bits per heavy atom. The Balaban J connectivity index is 0.000000140. The van der Waals surface area contributed by atoms with Gasteiger partial charge in [-0.2, -0.15) is 0 Å². The summed E-state index contributed by atoms with van der Waals surface area (Å²) in [5.74, 6) is 0. The van der Waals surface area contributed by atoms with Crippen LogP contribution in [0.2, 0.25) is 0 Å². The van der Waals surface area contributed by atoms with Gasteiger partial charge in [-0.15, -0.1) is 0 Å². The van der Waals surface area contributed by atoms with E-state index < -0.39 is 0 Å². The van der Waals surface area contributed by atoms with Crippen molar-refractivity contribution in [2.24, 2.45) is 0 Å². The Labute approximate surface area is 845 Å². The fourth-order valence-corrected chi connectivity index (χ4v) is 22.8. The number of benzene rings is 23. The van der Waals surface area contributed by atoms with Gasteiger partial charge in [-0.1, -0.05) is 291 Å². The fourth-order valence-electron chi connectivity index (χ4n) is 22.8. The van der Waals surface area contributed by atoms with E-state index in [9.17, 15) is 0 Å². The molecule has 30 rings (SSSR count). The number of nitrogens with zero attached hydrogens (tertiary/aromatic N) is 6. The zero-order chi connectivity index (χ0) is 96.7. The van der Waals surface area contributed by atoms with E-state index in [-0.39, 0.29) is 0 Å². The molecule has 9 nitrogen and oxygen atoms in total. The van der Waals surface area contributed by atoms with Crippen LogP contribution >= 0.6 is 0 Å². The molecular weight excluding hydrogens is 1790 g/mol. The van der Waals surface area contributed by atoms with Crippen molar-refractivity contribution >= 4 is 187 Å². The highest BCUT2D eigenvalue weighted by molar-refractivity contribution is 6.18. The van der Waals surface area contributed by atoms with Crippen LogP contribution in [0.5, 0.6) is 0 Å². The molecule has 0 aliphatic heterocycles. The zero-order valence-electron chi connectivity index (χ0n) is 79.7. The first-order valence-electron chi connectivity index (χ1n) is 50.1. The fraction of sp³-hybridized carbons (Fsp3) is 0. The lowest BCUT2D eigenvalue weighted by Gasteiger charge is -2.26. The molecule has 688 valence electrons. The van der Waals surface area contributed by atoms with Crippen molar-refractivity contribution in [2.75, 3.05) is 9.80 Å². The Hall–Kier alpha value is -19.7. The first kappa shape index (κ1) is 84.2. The van der Waals surface area contributed by atoms with E-state index >= 15 is 0 Å². The monoisotopic (exact) mass is 1880 g/mol. The molecule has 7 aromatic heterocycles. The molecule has 0 fully saturated rings. The molecule has 0 aliphatic rings. The van der Waals surface area contributed by atoms with Gasteiger partial charge < -0.3 is 41.3 Å². The van der Waals surface area contributed by atoms with Gasteiger partial charge in [0, 0.05) is 132 Å². The highest BCUT2D eigenvalue weighted by atomic mass is 16.3. The van der Waals surface area contributed by atoms with Gasteiger partial charge in [0.15, 0.2) is 0 Å². The van der Waals surface area contributed by atoms with Gasteiger partial charge in [0.2, 0.25) is 0 Å². The molecule has 0 bridgehead atoms. The van der Waals surface area contributed by atoms with Gasteiger partial charge in [-0.3, -0.25) is 0 Å². The van der Waals surface area contributed by atoms with Crippen molar-refractivity contribution < 1.29 is 13.3 Å². The number of fused-ring (bicyclic) bond motifs is 21. The van der Waals surface area contributed by atoms with Crippen molar-refractivity contribution in [3.05, 3.63) is 534 Å². The third kappa shape index (κ3) is 14.4. The SMILES string of the molecule is c1ccc(-n2c3ccccc3c3cc(-c4ccc5c(c4)c4cc(-c6ccc(-c7ccc(N(c8ccc9oc%10ccccc%10c9c8)c8ccc9oc%10ccccc%10c9c8)cc7)cc6)ccc4n5-c4ccccc4)ccc32)cc1.c1ccc(N(c2ccc(-c3ccc(-c4ccc5c(c4)c4cc(-c6ccc7c(c6)c6ccccc6n7-c6ccccc6)ccc4n5-c4ccccc4)cc3)cc2)c2ccc3oc4ccccc4c3c2)cc1. The number of anilines is 6. The summed E-state index contributed by atoms with van der Waals surface area (Å²) in [4.78, 5) is 4.64. The lowest BCUT2D eigenvalue weighted by molar-refractivity contribution is 0.668. The summed E-state index contributed by atoms with van der Waals surface area (Å²) in [5.41, 5.74) is 39.9. The Morgan fingerprint density at radius 1 is 0.116 bits per heavy atom. The molecule has 0 spiro atoms. The highest BCUT2D eigenvalue weighted by Gasteiger charge is 2.25. The average Bonchev–Trinajstić information content (AvgIpc) is 1.58. The summed E-state index contributed by atoms with van der Waals surface area (Å²) in [6.07, 6.45) is 0. The number of hydrogen-bond acceptors (Lipinski definition) is 5. The third-order valence-electron chi connectivity index (χ3n) is 29.8. The molecule has 0 atom stereocenters. The molecule has 0 N–H and O–H groups in total. The topological polar surface area (TPSA) is 65.6 Å². The van der Waals surface area contributed by atoms with Gasteiger partial charge in [0.05, 0.1) is 44.1 Å². The van der Waals surface area contributed by atoms with Crippen LogP contribution in [0.25, 0.3) is 243 Å². The van der Waals surface area contributed by atoms with Crippen LogP contribution in [0.3, 0.4) is 0 Å². The van der Waals surface area contributed by atoms with E-state index in [0.29, 0.717) is 0 Å². The molecule has 0 radical (unpaired) electrons. The number of aromatic nitrogens is 4. The lowest BCUT2D eigenvalue weighted by Crippen LogP contribution is -2.09. The predicted molar refractivity (Wildman–Crippen MR) is 614 cm³/mol. The van der Waals surface area contributed by atoms with Crippen LogP contribution in [-0.4, -0.2) is 18.3 Å². The van der Waals surface area contributed by atoms with Gasteiger partial charge in [-0.25, -0.2) is 0 Å². The van der Waals surface area contributed by atoms with Crippen LogP contribution in [0.15, 0.2) is 547 Å². The average molecular weight is 1880 g/mol. The molecule has 7 heterocycles. The number of furan rings is 3. The Bertz CT molecular complexity index is 10300. The standard InChI is InChI=1S/C72H45N3O2.C66H43N3O/c1-3-13-52(14-4-1)74-65-20-10-7-17-57(65)60-42-50(30-37-66(60)74)51-31-38-68-62(43-51)61-41-49(29-36-67(61)75(68)53-15-5-2-6-16-53)48-25-23-46(24-26-48)47-27-32-54(33-28-47)73(55-34-39-71-63(44-55)58-18-8-11-21-69(58)76-71)56-35-40-72-64(45-56)59-19-9-12-22-70(59)77-72;1-4-14-50(15-5-1)67(54-35-39-66-60(43-54)56-21-11-13-23-65(56)70-66)53-33-28-45(29-34-53)44-24-26-46(27-25-44)47-30-36-63-58(40-47)59-42-49(32-38-64(59)69(63)52-18-8-3-9-19-52)48-31-37-62-57(41-48)55-20-10-12-22-61(55)68(62)51-16-6-2-7-17-51/h1-45H;1-43H. The van der Waals surface area contributed by atoms with Crippen molar-refractivity contribution in [3.63, 3.8) is 0 Å². The van der Waals surface area contributed by atoms with E-state index in [1.54, 1.807) is 0 Å². The summed E-state index contributed by atoms with van der Waals surface area (Å²) in [5, 5.41) is 16.5. The van der Waals surface area contributed by atoms with E-state index in [4.69, 9.17) is 13.3 Å². The minimum atomic E-state index is 0.868. The van der Waals surface area contributed by atoms with Gasteiger partial charge >= 0.3 is 0 Å². The normalized spacial score (nSPS) is 11.8. The third-order valence-corrected chi connectivity index (χ3v) is 29.8. The second-order valence-corrected chi connectivity index (χ2v) is 38.2. The van der Waals surface area contributed by atoms with Crippen LogP contribution in [0.1, 0.15) is 0 Å². The van der Waals surface area contributed by atoms with Gasteiger partial charge in [0.1, 0.15) is 33.5 Å². The predicted octanol–water partition coefficient (Wildman–Crippen LogP) is 38.4. The van der Waals surface area contributed by atoms with Crippen LogP contribution in [0.4, 0.5) is 34.1 Å². The summed E-state index contributed by atoms with van der Waals surface area (Å²) in [6.45, 7) is 0. The number of rotatable bonds is 16. The second-order valence-electron chi connectivity index (χ2n) is 38.2. The second kappa shape index (κ2) is 34.6. The van der Waals surface area contributed by atoms with Crippen LogP contribution in [-0.2, 0) is 0 Å². The highest BCUT2D eigenvalue weighted by Crippen LogP contribution is 2.49. The molecular formula is C138H88N6O3. The number of para-hydroxylation sites is 10. The molecule has 9 heteroatoms. The smallest absolute Gasteiger partial charge is 0.135 e. The molecule has 0 amide bonds. The molecule has 0 saturated carbocycles. The first-order valence-corrected chi connectivity index (χ1v) is 50.1. The molecule has 0 unspecified atom stereocenters. The quantitative estimate of drug-likeness (QED) is 0.0964. The summed E-state index contributed by atoms with van der Waals surface area (Å²) >= 11 is 0. The molecule has 23 aromatic carbocycles. The Kier molecular flexibility index (Phi) is 19.8. The van der Waals surface area contributed by atoms with Crippen molar-refractivity contribution in [2.45, 2.75) is 0 Å². The van der Waals surface area contributed by atoms with Crippen LogP contribution < -0.4 is 9.80 Å². The van der Waals surface area contributed by atoms with E-state index in [1.807, 2.05) is 36.4 Å². The maximum Gasteiger partial charge on any atom is 0.135 e. The molecule has 147 heavy (non-hydrogen) atoms. The van der Waals surface area contributed by atoms with E-state index in [0.717, 1.165) is 139 Å². The maximum absolute atomic E-state index is 6.27. The van der Waals surface area contributed by atoms with E-state index in [2.05, 4.69) is 526 Å². The van der Waals surface area contributed by atoms with E-state index in [1.165, 1.54) is 137 Å². The van der Waals surface area contributed by atoms with Crippen molar-refractivity contribution in [3.8, 4) is 89.5 Å². The maximum atomic E-state index is 6.27. The van der Waals surface area contributed by atoms with Gasteiger partial charge in [-0.05, 0) is 309 Å². The Morgan fingerprint density at radius 3 is 0.585 bits per heavy atom. The summed E-state index contributed by atoms with van der Waals surface area (Å²) in [6, 6.07) is 193. The van der Waals surface area contributed by atoms with Crippen LogP contribution in [0, 0.1) is 0 Å². The minimum absolute atomic E-state index is 0.868. The zero-order valence-corrected chi connectivity index (χ0v) is 79.7. The van der Waals surface area contributed by atoms with Crippen molar-refractivity contribution in [1.82, 2.24) is 18.3 Å². The summed E-state index contributed by atoms with van der Waals surface area (Å²) in [7, 11) is 0. The summed E-state index contributed by atoms with van der Waals surface area (Å²) < 4.78 is 28.3.